The van der Waals surface area contributed by atoms with E-state index < -0.39 is 10.0 Å². The van der Waals surface area contributed by atoms with Gasteiger partial charge in [0.1, 0.15) is 5.58 Å². The highest BCUT2D eigenvalue weighted by Gasteiger charge is 2.27. The number of nitrogens with one attached hydrogen (secondary N) is 1. The predicted octanol–water partition coefficient (Wildman–Crippen LogP) is 4.80. The summed E-state index contributed by atoms with van der Waals surface area (Å²) in [6.45, 7) is 4.87. The molecule has 0 bridgehead atoms. The van der Waals surface area contributed by atoms with Gasteiger partial charge in [-0.25, -0.2) is 8.42 Å². The Hall–Kier alpha value is -2.64. The molecule has 0 radical (unpaired) electrons. The summed E-state index contributed by atoms with van der Waals surface area (Å²) in [5, 5.41) is 3.76. The molecular weight excluding hydrogens is 412 g/mol. The van der Waals surface area contributed by atoms with E-state index in [4.69, 9.17) is 4.42 Å². The van der Waals surface area contributed by atoms with Crippen LogP contribution >= 0.6 is 0 Å². The van der Waals surface area contributed by atoms with Gasteiger partial charge in [0.05, 0.1) is 17.6 Å². The Labute approximate surface area is 183 Å². The number of benzene rings is 2. The van der Waals surface area contributed by atoms with Gasteiger partial charge in [-0.05, 0) is 56.0 Å². The standard InChI is InChI=1S/C24H28N2O4S/c1-17-7-10-21-19(16-30-22(21)13-17)14-24(27)25-20-9-8-18(2)23(15-20)31(28,29)26-11-5-3-4-6-12-26/h7-10,13,15-16H,3-6,11-12,14H2,1-2H3,(H,25,27). The number of anilines is 1. The Morgan fingerprint density at radius 2 is 1.77 bits per heavy atom. The molecule has 6 nitrogen and oxygen atoms in total. The van der Waals surface area contributed by atoms with Crippen LogP contribution in [0.25, 0.3) is 11.0 Å². The molecule has 1 aliphatic heterocycles. The lowest BCUT2D eigenvalue weighted by atomic mass is 10.1. The second-order valence-corrected chi connectivity index (χ2v) is 10.2. The fourth-order valence-electron chi connectivity index (χ4n) is 4.08. The van der Waals surface area contributed by atoms with Crippen LogP contribution in [0.5, 0.6) is 0 Å². The summed E-state index contributed by atoms with van der Waals surface area (Å²) >= 11 is 0. The van der Waals surface area contributed by atoms with Crippen molar-refractivity contribution in [3.8, 4) is 0 Å². The van der Waals surface area contributed by atoms with Crippen LogP contribution in [0.1, 0.15) is 42.4 Å². The molecule has 1 aromatic heterocycles. The highest BCUT2D eigenvalue weighted by Crippen LogP contribution is 2.27. The molecule has 7 heteroatoms. The fraction of sp³-hybridized carbons (Fsp3) is 0.375. The third-order valence-corrected chi connectivity index (χ3v) is 7.86. The summed E-state index contributed by atoms with van der Waals surface area (Å²) in [5.41, 5.74) is 3.81. The maximum atomic E-state index is 13.2. The van der Waals surface area contributed by atoms with Gasteiger partial charge in [-0.1, -0.05) is 31.0 Å². The molecule has 164 valence electrons. The number of fused-ring (bicyclic) bond motifs is 1. The topological polar surface area (TPSA) is 79.6 Å². The molecule has 1 fully saturated rings. The number of hydrogen-bond donors (Lipinski definition) is 1. The van der Waals surface area contributed by atoms with Gasteiger partial charge < -0.3 is 9.73 Å². The van der Waals surface area contributed by atoms with Crippen molar-refractivity contribution in [2.75, 3.05) is 18.4 Å². The van der Waals surface area contributed by atoms with Crippen molar-refractivity contribution in [3.05, 3.63) is 59.4 Å². The zero-order valence-corrected chi connectivity index (χ0v) is 18.8. The number of amides is 1. The van der Waals surface area contributed by atoms with Crippen LogP contribution in [-0.4, -0.2) is 31.7 Å². The normalized spacial score (nSPS) is 15.7. The first-order valence-electron chi connectivity index (χ1n) is 10.7. The van der Waals surface area contributed by atoms with Gasteiger partial charge in [0.15, 0.2) is 0 Å². The maximum Gasteiger partial charge on any atom is 0.243 e. The molecule has 0 spiro atoms. The monoisotopic (exact) mass is 440 g/mol. The quantitative estimate of drug-likeness (QED) is 0.618. The summed E-state index contributed by atoms with van der Waals surface area (Å²) in [6, 6.07) is 10.9. The number of hydrogen-bond acceptors (Lipinski definition) is 4. The molecule has 0 unspecified atom stereocenters. The Morgan fingerprint density at radius 1 is 1.03 bits per heavy atom. The predicted molar refractivity (Wildman–Crippen MR) is 122 cm³/mol. The number of aryl methyl sites for hydroxylation is 2. The largest absolute Gasteiger partial charge is 0.464 e. The summed E-state index contributed by atoms with van der Waals surface area (Å²) in [4.78, 5) is 12.9. The Kier molecular flexibility index (Phi) is 6.16. The van der Waals surface area contributed by atoms with Crippen LogP contribution in [0.3, 0.4) is 0 Å². The molecule has 2 aromatic carbocycles. The lowest BCUT2D eigenvalue weighted by Gasteiger charge is -2.21. The Morgan fingerprint density at radius 3 is 2.52 bits per heavy atom. The average molecular weight is 441 g/mol. The van der Waals surface area contributed by atoms with Gasteiger partial charge in [0, 0.05) is 29.7 Å². The molecule has 0 saturated carbocycles. The zero-order valence-electron chi connectivity index (χ0n) is 18.0. The number of nitrogens with zero attached hydrogens (tertiary/aromatic N) is 1. The van der Waals surface area contributed by atoms with E-state index in [1.807, 2.05) is 25.1 Å². The third kappa shape index (κ3) is 4.67. The molecular formula is C24H28N2O4S. The van der Waals surface area contributed by atoms with Gasteiger partial charge in [-0.2, -0.15) is 4.31 Å². The van der Waals surface area contributed by atoms with Crippen molar-refractivity contribution in [2.24, 2.45) is 0 Å². The molecule has 0 atom stereocenters. The highest BCUT2D eigenvalue weighted by molar-refractivity contribution is 7.89. The highest BCUT2D eigenvalue weighted by atomic mass is 32.2. The number of furan rings is 1. The molecule has 4 rings (SSSR count). The van der Waals surface area contributed by atoms with Crippen molar-refractivity contribution in [1.29, 1.82) is 0 Å². The van der Waals surface area contributed by atoms with Crippen molar-refractivity contribution >= 4 is 32.6 Å². The van der Waals surface area contributed by atoms with Gasteiger partial charge in [-0.3, -0.25) is 4.79 Å². The Bertz CT molecular complexity index is 1210. The lowest BCUT2D eigenvalue weighted by Crippen LogP contribution is -2.32. The molecule has 1 saturated heterocycles. The first-order chi connectivity index (χ1) is 14.8. The van der Waals surface area contributed by atoms with E-state index in [2.05, 4.69) is 5.32 Å². The summed E-state index contributed by atoms with van der Waals surface area (Å²) in [7, 11) is -3.59. The number of carbonyl (C=O) groups excluding carboxylic acids is 1. The number of rotatable bonds is 5. The molecule has 3 aromatic rings. The minimum atomic E-state index is -3.59. The zero-order chi connectivity index (χ0) is 22.0. The van der Waals surface area contributed by atoms with Crippen LogP contribution in [0, 0.1) is 13.8 Å². The van der Waals surface area contributed by atoms with Crippen LogP contribution in [0.2, 0.25) is 0 Å². The van der Waals surface area contributed by atoms with E-state index in [9.17, 15) is 13.2 Å². The number of sulfonamides is 1. The van der Waals surface area contributed by atoms with Crippen LogP contribution in [-0.2, 0) is 21.2 Å². The van der Waals surface area contributed by atoms with E-state index in [1.54, 1.807) is 35.7 Å². The third-order valence-electron chi connectivity index (χ3n) is 5.82. The van der Waals surface area contributed by atoms with E-state index in [-0.39, 0.29) is 17.2 Å². The van der Waals surface area contributed by atoms with Gasteiger partial charge >= 0.3 is 0 Å². The van der Waals surface area contributed by atoms with Gasteiger partial charge in [0.25, 0.3) is 0 Å². The summed E-state index contributed by atoms with van der Waals surface area (Å²) < 4.78 is 33.6. The Balaban J connectivity index is 1.53. The SMILES string of the molecule is Cc1ccc2c(CC(=O)Nc3ccc(C)c(S(=O)(=O)N4CCCCCC4)c3)coc2c1. The van der Waals surface area contributed by atoms with E-state index >= 15 is 0 Å². The molecule has 1 amide bonds. The second-order valence-electron chi connectivity index (χ2n) is 8.28. The fourth-order valence-corrected chi connectivity index (χ4v) is 5.85. The summed E-state index contributed by atoms with van der Waals surface area (Å²) in [6.07, 6.45) is 5.64. The van der Waals surface area contributed by atoms with Crippen molar-refractivity contribution in [2.45, 2.75) is 50.8 Å². The van der Waals surface area contributed by atoms with Crippen molar-refractivity contribution in [3.63, 3.8) is 0 Å². The first-order valence-corrected chi connectivity index (χ1v) is 12.2. The van der Waals surface area contributed by atoms with Gasteiger partial charge in [-0.15, -0.1) is 0 Å². The molecule has 2 heterocycles. The first kappa shape index (κ1) is 21.6. The number of carbonyl (C=O) groups is 1. The molecule has 0 aliphatic carbocycles. The maximum absolute atomic E-state index is 13.2. The van der Waals surface area contributed by atoms with Crippen molar-refractivity contribution < 1.29 is 17.6 Å². The lowest BCUT2D eigenvalue weighted by molar-refractivity contribution is -0.115. The van der Waals surface area contributed by atoms with E-state index in [0.717, 1.165) is 47.8 Å². The van der Waals surface area contributed by atoms with Crippen molar-refractivity contribution in [1.82, 2.24) is 4.31 Å². The smallest absolute Gasteiger partial charge is 0.243 e. The van der Waals surface area contributed by atoms with Crippen LogP contribution < -0.4 is 5.32 Å². The second kappa shape index (κ2) is 8.85. The minimum Gasteiger partial charge on any atom is -0.464 e. The van der Waals surface area contributed by atoms with E-state index in [0.29, 0.717) is 24.3 Å². The minimum absolute atomic E-state index is 0.151. The van der Waals surface area contributed by atoms with Gasteiger partial charge in [0.2, 0.25) is 15.9 Å². The van der Waals surface area contributed by atoms with Crippen LogP contribution in [0.4, 0.5) is 5.69 Å². The molecule has 31 heavy (non-hydrogen) atoms. The summed E-state index contributed by atoms with van der Waals surface area (Å²) in [5.74, 6) is -0.217. The van der Waals surface area contributed by atoms with Crippen LogP contribution in [0.15, 0.2) is 52.0 Å². The average Bonchev–Trinajstić information content (AvgIpc) is 2.93. The molecule has 1 N–H and O–H groups in total. The molecule has 1 aliphatic rings. The van der Waals surface area contributed by atoms with E-state index in [1.165, 1.54) is 0 Å².